The monoisotopic (exact) mass is 275 g/mol. The zero-order valence-electron chi connectivity index (χ0n) is 11.9. The minimum Gasteiger partial charge on any atom is -0.352 e. The van der Waals surface area contributed by atoms with Crippen LogP contribution < -0.4 is 16.0 Å². The Labute approximate surface area is 119 Å². The molecule has 0 spiro atoms. The number of rotatable bonds is 4. The molecular weight excluding hydrogens is 254 g/mol. The van der Waals surface area contributed by atoms with Crippen LogP contribution in [0.15, 0.2) is 24.3 Å². The molecule has 2 atom stereocenters. The van der Waals surface area contributed by atoms with Gasteiger partial charge >= 0.3 is 0 Å². The Hall–Kier alpha value is -1.88. The topological polar surface area (TPSA) is 70.2 Å². The van der Waals surface area contributed by atoms with E-state index in [1.165, 1.54) is 6.92 Å². The highest BCUT2D eigenvalue weighted by molar-refractivity contribution is 5.88. The third-order valence-corrected chi connectivity index (χ3v) is 3.60. The number of hydrogen-bond donors (Lipinski definition) is 3. The van der Waals surface area contributed by atoms with Crippen LogP contribution in [-0.2, 0) is 16.1 Å². The molecule has 1 fully saturated rings. The number of hydrogen-bond acceptors (Lipinski definition) is 3. The minimum absolute atomic E-state index is 0.0636. The summed E-state index contributed by atoms with van der Waals surface area (Å²) in [7, 11) is 0. The molecule has 1 heterocycles. The van der Waals surface area contributed by atoms with Crippen molar-refractivity contribution in [3.63, 3.8) is 0 Å². The van der Waals surface area contributed by atoms with Gasteiger partial charge in [-0.15, -0.1) is 0 Å². The van der Waals surface area contributed by atoms with Crippen LogP contribution in [0.5, 0.6) is 0 Å². The maximum atomic E-state index is 12.0. The van der Waals surface area contributed by atoms with Gasteiger partial charge in [0.05, 0.1) is 5.92 Å². The molecule has 1 saturated heterocycles. The van der Waals surface area contributed by atoms with Gasteiger partial charge in [-0.3, -0.25) is 9.59 Å². The lowest BCUT2D eigenvalue weighted by molar-refractivity contribution is -0.125. The van der Waals surface area contributed by atoms with Crippen molar-refractivity contribution >= 4 is 17.5 Å². The largest absolute Gasteiger partial charge is 0.352 e. The predicted octanol–water partition coefficient (Wildman–Crippen LogP) is 1.12. The van der Waals surface area contributed by atoms with Gasteiger partial charge in [-0.25, -0.2) is 0 Å². The normalized spacial score (nSPS) is 21.5. The Balaban J connectivity index is 1.84. The number of nitrogens with one attached hydrogen (secondary N) is 3. The number of anilines is 1. The second kappa shape index (κ2) is 6.52. The Bertz CT molecular complexity index is 484. The summed E-state index contributed by atoms with van der Waals surface area (Å²) in [6, 6.07) is 7.48. The van der Waals surface area contributed by atoms with Gasteiger partial charge in [-0.1, -0.05) is 19.1 Å². The van der Waals surface area contributed by atoms with Crippen LogP contribution >= 0.6 is 0 Å². The van der Waals surface area contributed by atoms with Crippen LogP contribution in [0.4, 0.5) is 5.69 Å². The van der Waals surface area contributed by atoms with Crippen molar-refractivity contribution in [2.75, 3.05) is 18.4 Å². The molecule has 1 aromatic rings. The van der Waals surface area contributed by atoms with E-state index in [4.69, 9.17) is 0 Å². The second-order valence-electron chi connectivity index (χ2n) is 5.34. The fraction of sp³-hybridized carbons (Fsp3) is 0.467. The molecule has 108 valence electrons. The molecule has 0 saturated carbocycles. The summed E-state index contributed by atoms with van der Waals surface area (Å²) >= 11 is 0. The van der Waals surface area contributed by atoms with Gasteiger partial charge in [0.2, 0.25) is 11.8 Å². The Morgan fingerprint density at radius 2 is 1.95 bits per heavy atom. The van der Waals surface area contributed by atoms with Crippen LogP contribution in [0, 0.1) is 11.8 Å². The van der Waals surface area contributed by atoms with Gasteiger partial charge in [0.15, 0.2) is 0 Å². The zero-order valence-corrected chi connectivity index (χ0v) is 11.9. The Morgan fingerprint density at radius 1 is 1.25 bits per heavy atom. The average Bonchev–Trinajstić information content (AvgIpc) is 2.83. The number of carbonyl (C=O) groups is 2. The van der Waals surface area contributed by atoms with Gasteiger partial charge in [-0.05, 0) is 30.2 Å². The molecule has 2 rings (SSSR count). The fourth-order valence-electron chi connectivity index (χ4n) is 2.39. The minimum atomic E-state index is -0.0891. The molecule has 5 heteroatoms. The van der Waals surface area contributed by atoms with Crippen molar-refractivity contribution in [3.05, 3.63) is 29.8 Å². The fourth-order valence-corrected chi connectivity index (χ4v) is 2.39. The van der Waals surface area contributed by atoms with Crippen LogP contribution in [-0.4, -0.2) is 24.9 Å². The van der Waals surface area contributed by atoms with Gasteiger partial charge < -0.3 is 16.0 Å². The lowest BCUT2D eigenvalue weighted by Crippen LogP contribution is -2.33. The first-order chi connectivity index (χ1) is 9.56. The summed E-state index contributed by atoms with van der Waals surface area (Å²) in [6.45, 7) is 5.75. The van der Waals surface area contributed by atoms with E-state index in [1.807, 2.05) is 24.3 Å². The second-order valence-corrected chi connectivity index (χ2v) is 5.34. The van der Waals surface area contributed by atoms with Crippen molar-refractivity contribution < 1.29 is 9.59 Å². The highest BCUT2D eigenvalue weighted by Gasteiger charge is 2.29. The molecule has 0 aliphatic carbocycles. The average molecular weight is 275 g/mol. The van der Waals surface area contributed by atoms with E-state index in [2.05, 4.69) is 22.9 Å². The first-order valence-electron chi connectivity index (χ1n) is 6.91. The van der Waals surface area contributed by atoms with E-state index in [0.29, 0.717) is 12.5 Å². The Kier molecular flexibility index (Phi) is 4.74. The van der Waals surface area contributed by atoms with E-state index >= 15 is 0 Å². The molecule has 0 unspecified atom stereocenters. The summed E-state index contributed by atoms with van der Waals surface area (Å²) in [5.74, 6) is 0.466. The van der Waals surface area contributed by atoms with E-state index in [0.717, 1.165) is 24.3 Å². The quantitative estimate of drug-likeness (QED) is 0.771. The summed E-state index contributed by atoms with van der Waals surface area (Å²) < 4.78 is 0. The van der Waals surface area contributed by atoms with E-state index in [1.54, 1.807) is 0 Å². The number of benzene rings is 1. The molecule has 2 amide bonds. The molecule has 5 nitrogen and oxygen atoms in total. The van der Waals surface area contributed by atoms with Crippen LogP contribution in [0.2, 0.25) is 0 Å². The third kappa shape index (κ3) is 3.81. The van der Waals surface area contributed by atoms with E-state index < -0.39 is 0 Å². The lowest BCUT2D eigenvalue weighted by Gasteiger charge is -2.14. The first kappa shape index (κ1) is 14.5. The molecule has 0 radical (unpaired) electrons. The number of carbonyl (C=O) groups excluding carboxylic acids is 2. The van der Waals surface area contributed by atoms with Crippen LogP contribution in [0.25, 0.3) is 0 Å². The summed E-state index contributed by atoms with van der Waals surface area (Å²) in [4.78, 5) is 23.0. The van der Waals surface area contributed by atoms with Gasteiger partial charge in [0.1, 0.15) is 0 Å². The van der Waals surface area contributed by atoms with Crippen molar-refractivity contribution in [1.29, 1.82) is 0 Å². The van der Waals surface area contributed by atoms with Gasteiger partial charge in [0.25, 0.3) is 0 Å². The number of amides is 2. The Morgan fingerprint density at radius 3 is 2.50 bits per heavy atom. The molecule has 20 heavy (non-hydrogen) atoms. The zero-order chi connectivity index (χ0) is 14.5. The summed E-state index contributed by atoms with van der Waals surface area (Å²) in [5, 5.41) is 8.90. The summed E-state index contributed by atoms with van der Waals surface area (Å²) in [5.41, 5.74) is 1.78. The van der Waals surface area contributed by atoms with Crippen molar-refractivity contribution in [3.8, 4) is 0 Å². The van der Waals surface area contributed by atoms with Crippen molar-refractivity contribution in [2.24, 2.45) is 11.8 Å². The highest BCUT2D eigenvalue weighted by Crippen LogP contribution is 2.16. The third-order valence-electron chi connectivity index (χ3n) is 3.60. The lowest BCUT2D eigenvalue weighted by atomic mass is 9.97. The smallest absolute Gasteiger partial charge is 0.224 e. The molecule has 1 aliphatic rings. The first-order valence-corrected chi connectivity index (χ1v) is 6.91. The van der Waals surface area contributed by atoms with Crippen molar-refractivity contribution in [1.82, 2.24) is 10.6 Å². The highest BCUT2D eigenvalue weighted by atomic mass is 16.2. The maximum Gasteiger partial charge on any atom is 0.224 e. The molecule has 0 bridgehead atoms. The van der Waals surface area contributed by atoms with E-state index in [9.17, 15) is 9.59 Å². The van der Waals surface area contributed by atoms with Crippen LogP contribution in [0.3, 0.4) is 0 Å². The standard InChI is InChI=1S/C15H21N3O2/c1-10-7-16-9-14(10)15(20)17-8-12-3-5-13(6-4-12)18-11(2)19/h3-6,10,14,16H,7-9H2,1-2H3,(H,17,20)(H,18,19)/t10-,14-/m1/s1. The van der Waals surface area contributed by atoms with Crippen LogP contribution in [0.1, 0.15) is 19.4 Å². The van der Waals surface area contributed by atoms with Gasteiger partial charge in [-0.2, -0.15) is 0 Å². The molecule has 0 aromatic heterocycles. The molecule has 3 N–H and O–H groups in total. The maximum absolute atomic E-state index is 12.0. The van der Waals surface area contributed by atoms with E-state index in [-0.39, 0.29) is 17.7 Å². The molecule has 1 aliphatic heterocycles. The predicted molar refractivity (Wildman–Crippen MR) is 78.1 cm³/mol. The van der Waals surface area contributed by atoms with Gasteiger partial charge in [0, 0.05) is 25.7 Å². The SMILES string of the molecule is CC(=O)Nc1ccc(CNC(=O)[C@@H]2CNC[C@H]2C)cc1. The molecular formula is C15H21N3O2. The van der Waals surface area contributed by atoms with Crippen molar-refractivity contribution in [2.45, 2.75) is 20.4 Å². The summed E-state index contributed by atoms with van der Waals surface area (Å²) in [6.07, 6.45) is 0. The molecule has 1 aromatic carbocycles.